The minimum Gasteiger partial charge on any atom is -0.495 e. The van der Waals surface area contributed by atoms with Crippen LogP contribution in [0.2, 0.25) is 0 Å². The molecule has 20 heavy (non-hydrogen) atoms. The van der Waals surface area contributed by atoms with Crippen molar-refractivity contribution < 1.29 is 4.74 Å². The van der Waals surface area contributed by atoms with Crippen LogP contribution in [-0.2, 0) is 13.1 Å². The third-order valence-electron chi connectivity index (χ3n) is 3.02. The van der Waals surface area contributed by atoms with Crippen molar-refractivity contribution in [2.24, 2.45) is 0 Å². The van der Waals surface area contributed by atoms with Gasteiger partial charge in [-0.05, 0) is 56.0 Å². The quantitative estimate of drug-likeness (QED) is 0.733. The Bertz CT molecular complexity index is 581. The van der Waals surface area contributed by atoms with Gasteiger partial charge in [0.15, 0.2) is 0 Å². The van der Waals surface area contributed by atoms with Gasteiger partial charge >= 0.3 is 0 Å². The third-order valence-corrected chi connectivity index (χ3v) is 4.29. The Labute approximate surface area is 136 Å². The Morgan fingerprint density at radius 1 is 1.25 bits per heavy atom. The van der Waals surface area contributed by atoms with Crippen molar-refractivity contribution in [2.75, 3.05) is 12.4 Å². The van der Waals surface area contributed by atoms with Gasteiger partial charge in [-0.1, -0.05) is 6.92 Å². The predicted octanol–water partition coefficient (Wildman–Crippen LogP) is 5.04. The second-order valence-corrected chi connectivity index (χ2v) is 6.29. The van der Waals surface area contributed by atoms with Gasteiger partial charge in [0, 0.05) is 36.0 Å². The largest absolute Gasteiger partial charge is 0.495 e. The summed E-state index contributed by atoms with van der Waals surface area (Å²) >= 11 is 7.03. The molecular formula is C15H18Br2N2O. The highest BCUT2D eigenvalue weighted by Gasteiger charge is 2.07. The lowest BCUT2D eigenvalue weighted by Gasteiger charge is -2.11. The van der Waals surface area contributed by atoms with Gasteiger partial charge in [0.2, 0.25) is 0 Å². The number of hydrogen-bond acceptors (Lipinski definition) is 2. The maximum atomic E-state index is 5.32. The van der Waals surface area contributed by atoms with Crippen LogP contribution in [0.4, 0.5) is 5.69 Å². The first-order chi connectivity index (χ1) is 9.63. The fourth-order valence-electron chi connectivity index (χ4n) is 2.01. The lowest BCUT2D eigenvalue weighted by Crippen LogP contribution is -2.00. The molecule has 0 atom stereocenters. The number of aryl methyl sites for hydroxylation is 1. The summed E-state index contributed by atoms with van der Waals surface area (Å²) in [7, 11) is 1.67. The molecule has 0 aliphatic heterocycles. The molecule has 2 rings (SSSR count). The van der Waals surface area contributed by atoms with Crippen LogP contribution in [0.5, 0.6) is 5.75 Å². The summed E-state index contributed by atoms with van der Waals surface area (Å²) in [4.78, 5) is 0. The zero-order valence-electron chi connectivity index (χ0n) is 11.6. The highest BCUT2D eigenvalue weighted by molar-refractivity contribution is 9.11. The molecule has 0 fully saturated rings. The standard InChI is InChI=1S/C15H18Br2N2O/c1-3-5-19-6-4-11(10-19)9-18-14-8-15(20-2)13(17)7-12(14)16/h4,6-8,10,18H,3,5,9H2,1-2H3. The Kier molecular flexibility index (Phi) is 5.54. The maximum Gasteiger partial charge on any atom is 0.135 e. The molecular weight excluding hydrogens is 384 g/mol. The number of halogens is 2. The SMILES string of the molecule is CCCn1ccc(CNc2cc(OC)c(Br)cc2Br)c1. The summed E-state index contributed by atoms with van der Waals surface area (Å²) < 4.78 is 9.48. The van der Waals surface area contributed by atoms with E-state index in [-0.39, 0.29) is 0 Å². The number of nitrogens with one attached hydrogen (secondary N) is 1. The second-order valence-electron chi connectivity index (χ2n) is 4.58. The van der Waals surface area contributed by atoms with Gasteiger partial charge in [-0.25, -0.2) is 0 Å². The van der Waals surface area contributed by atoms with Crippen LogP contribution in [0.1, 0.15) is 18.9 Å². The van der Waals surface area contributed by atoms with Crippen LogP contribution in [0, 0.1) is 0 Å². The number of rotatable bonds is 6. The lowest BCUT2D eigenvalue weighted by molar-refractivity contribution is 0.412. The smallest absolute Gasteiger partial charge is 0.135 e. The number of nitrogens with zero attached hydrogens (tertiary/aromatic N) is 1. The summed E-state index contributed by atoms with van der Waals surface area (Å²) in [5.41, 5.74) is 2.29. The first-order valence-electron chi connectivity index (χ1n) is 6.55. The van der Waals surface area contributed by atoms with E-state index in [2.05, 4.69) is 67.1 Å². The molecule has 3 nitrogen and oxygen atoms in total. The molecule has 0 bridgehead atoms. The average Bonchev–Trinajstić information content (AvgIpc) is 2.86. The topological polar surface area (TPSA) is 26.2 Å². The number of aromatic nitrogens is 1. The molecule has 0 aliphatic rings. The highest BCUT2D eigenvalue weighted by atomic mass is 79.9. The van der Waals surface area contributed by atoms with Crippen molar-refractivity contribution in [2.45, 2.75) is 26.4 Å². The van der Waals surface area contributed by atoms with Crippen LogP contribution in [0.15, 0.2) is 39.5 Å². The molecule has 0 spiro atoms. The molecule has 0 radical (unpaired) electrons. The minimum atomic E-state index is 0.792. The van der Waals surface area contributed by atoms with Crippen molar-refractivity contribution in [3.63, 3.8) is 0 Å². The van der Waals surface area contributed by atoms with E-state index in [1.54, 1.807) is 7.11 Å². The number of methoxy groups -OCH3 is 1. The summed E-state index contributed by atoms with van der Waals surface area (Å²) in [5.74, 6) is 0.819. The van der Waals surface area contributed by atoms with E-state index >= 15 is 0 Å². The Morgan fingerprint density at radius 2 is 2.05 bits per heavy atom. The predicted molar refractivity (Wildman–Crippen MR) is 90.4 cm³/mol. The van der Waals surface area contributed by atoms with Crippen LogP contribution in [-0.4, -0.2) is 11.7 Å². The molecule has 0 aliphatic carbocycles. The van der Waals surface area contributed by atoms with Gasteiger partial charge in [0.25, 0.3) is 0 Å². The Morgan fingerprint density at radius 3 is 2.75 bits per heavy atom. The number of ether oxygens (including phenoxy) is 1. The van der Waals surface area contributed by atoms with Gasteiger partial charge in [-0.2, -0.15) is 0 Å². The number of hydrogen-bond donors (Lipinski definition) is 1. The first-order valence-corrected chi connectivity index (χ1v) is 8.14. The molecule has 0 saturated carbocycles. The molecule has 1 aromatic carbocycles. The lowest BCUT2D eigenvalue weighted by atomic mass is 10.2. The van der Waals surface area contributed by atoms with Crippen LogP contribution >= 0.6 is 31.9 Å². The summed E-state index contributed by atoms with van der Waals surface area (Å²) in [6.45, 7) is 4.04. The van der Waals surface area contributed by atoms with E-state index in [9.17, 15) is 0 Å². The zero-order valence-corrected chi connectivity index (χ0v) is 14.8. The number of anilines is 1. The van der Waals surface area contributed by atoms with E-state index in [1.807, 2.05) is 12.1 Å². The van der Waals surface area contributed by atoms with Gasteiger partial charge in [-0.3, -0.25) is 0 Å². The van der Waals surface area contributed by atoms with Crippen molar-refractivity contribution in [1.29, 1.82) is 0 Å². The monoisotopic (exact) mass is 400 g/mol. The maximum absolute atomic E-state index is 5.32. The molecule has 1 aromatic heterocycles. The average molecular weight is 402 g/mol. The minimum absolute atomic E-state index is 0.792. The first kappa shape index (κ1) is 15.4. The summed E-state index contributed by atoms with van der Waals surface area (Å²) in [6, 6.07) is 6.12. The molecule has 0 amide bonds. The third kappa shape index (κ3) is 3.79. The highest BCUT2D eigenvalue weighted by Crippen LogP contribution is 2.34. The normalized spacial score (nSPS) is 10.6. The fourth-order valence-corrected chi connectivity index (χ4v) is 3.31. The van der Waals surface area contributed by atoms with Crippen molar-refractivity contribution in [3.8, 4) is 5.75 Å². The molecule has 1 heterocycles. The van der Waals surface area contributed by atoms with Crippen molar-refractivity contribution in [3.05, 3.63) is 45.1 Å². The summed E-state index contributed by atoms with van der Waals surface area (Å²) in [6.07, 6.45) is 5.45. The van der Waals surface area contributed by atoms with E-state index in [0.29, 0.717) is 0 Å². The van der Waals surface area contributed by atoms with Crippen molar-refractivity contribution >= 4 is 37.5 Å². The molecule has 1 N–H and O–H groups in total. The van der Waals surface area contributed by atoms with Gasteiger partial charge < -0.3 is 14.6 Å². The van der Waals surface area contributed by atoms with E-state index in [1.165, 1.54) is 5.56 Å². The number of benzene rings is 1. The van der Waals surface area contributed by atoms with E-state index < -0.39 is 0 Å². The van der Waals surface area contributed by atoms with Crippen LogP contribution < -0.4 is 10.1 Å². The Balaban J connectivity index is 2.06. The van der Waals surface area contributed by atoms with E-state index in [4.69, 9.17) is 4.74 Å². The van der Waals surface area contributed by atoms with Crippen LogP contribution in [0.3, 0.4) is 0 Å². The van der Waals surface area contributed by atoms with Crippen LogP contribution in [0.25, 0.3) is 0 Å². The molecule has 2 aromatic rings. The zero-order chi connectivity index (χ0) is 14.5. The van der Waals surface area contributed by atoms with Gasteiger partial charge in [-0.15, -0.1) is 0 Å². The second kappa shape index (κ2) is 7.18. The molecule has 0 saturated heterocycles. The van der Waals surface area contributed by atoms with Gasteiger partial charge in [0.05, 0.1) is 17.3 Å². The summed E-state index contributed by atoms with van der Waals surface area (Å²) in [5, 5.41) is 3.43. The molecule has 5 heteroatoms. The molecule has 0 unspecified atom stereocenters. The van der Waals surface area contributed by atoms with Gasteiger partial charge in [0.1, 0.15) is 5.75 Å². The van der Waals surface area contributed by atoms with E-state index in [0.717, 1.165) is 39.9 Å². The molecule has 108 valence electrons. The fraction of sp³-hybridized carbons (Fsp3) is 0.333. The van der Waals surface area contributed by atoms with Crippen molar-refractivity contribution in [1.82, 2.24) is 4.57 Å². The Hall–Kier alpha value is -0.940.